The van der Waals surface area contributed by atoms with Crippen LogP contribution in [0.5, 0.6) is 17.2 Å². The molecule has 0 aromatic heterocycles. The summed E-state index contributed by atoms with van der Waals surface area (Å²) in [5.74, 6) is -1.27. The van der Waals surface area contributed by atoms with Gasteiger partial charge in [0.1, 0.15) is 23.4 Å². The Morgan fingerprint density at radius 3 is 2.74 bits per heavy atom. The normalized spacial score (nSPS) is 36.9. The van der Waals surface area contributed by atoms with E-state index in [0.717, 1.165) is 23.1 Å². The largest absolute Gasteiger partial charge is 0.506 e. The molecular formula is C25H25BrO8. The molecule has 4 heterocycles. The van der Waals surface area contributed by atoms with Crippen LogP contribution in [0.4, 0.5) is 0 Å². The summed E-state index contributed by atoms with van der Waals surface area (Å²) >= 11 is 3.57. The highest BCUT2D eigenvalue weighted by Crippen LogP contribution is 2.66. The van der Waals surface area contributed by atoms with Gasteiger partial charge in [-0.05, 0) is 31.4 Å². The van der Waals surface area contributed by atoms with Crippen molar-refractivity contribution in [3.63, 3.8) is 0 Å². The molecule has 5 aliphatic rings. The molecule has 1 N–H and O–H groups in total. The molecule has 2 aromatic carbocycles. The van der Waals surface area contributed by atoms with Crippen molar-refractivity contribution in [1.82, 2.24) is 0 Å². The van der Waals surface area contributed by atoms with E-state index in [9.17, 15) is 9.90 Å². The van der Waals surface area contributed by atoms with Gasteiger partial charge in [-0.1, -0.05) is 15.9 Å². The quantitative estimate of drug-likeness (QED) is 0.470. The Morgan fingerprint density at radius 1 is 1.26 bits per heavy atom. The van der Waals surface area contributed by atoms with Crippen LogP contribution < -0.4 is 9.47 Å². The number of phenolic OH excluding ortho intramolecular Hbond substituents is 1. The molecule has 0 saturated carbocycles. The van der Waals surface area contributed by atoms with Crippen molar-refractivity contribution >= 4 is 32.5 Å². The molecule has 5 atom stereocenters. The van der Waals surface area contributed by atoms with Gasteiger partial charge >= 0.3 is 0 Å². The summed E-state index contributed by atoms with van der Waals surface area (Å²) in [7, 11) is 3.17. The van der Waals surface area contributed by atoms with Crippen molar-refractivity contribution in [2.75, 3.05) is 26.2 Å². The lowest BCUT2D eigenvalue weighted by Crippen LogP contribution is -2.67. The third kappa shape index (κ3) is 2.31. The average Bonchev–Trinajstić information content (AvgIpc) is 3.50. The Hall–Kier alpha value is -1.91. The Labute approximate surface area is 204 Å². The number of hydrogen-bond acceptors (Lipinski definition) is 8. The first-order valence-corrected chi connectivity index (χ1v) is 12.7. The van der Waals surface area contributed by atoms with Crippen LogP contribution in [0.25, 0.3) is 10.8 Å². The summed E-state index contributed by atoms with van der Waals surface area (Å²) in [6, 6.07) is 1.98. The zero-order valence-corrected chi connectivity index (χ0v) is 20.7. The maximum Gasteiger partial charge on any atom is 0.271 e. The lowest BCUT2D eigenvalue weighted by molar-refractivity contribution is -0.320. The monoisotopic (exact) mass is 532 g/mol. The molecular weight excluding hydrogens is 508 g/mol. The number of carbonyl (C=O) groups is 1. The molecule has 7 rings (SSSR count). The molecule has 3 saturated heterocycles. The van der Waals surface area contributed by atoms with E-state index < -0.39 is 29.4 Å². The second-order valence-electron chi connectivity index (χ2n) is 9.93. The molecule has 4 aliphatic heterocycles. The minimum Gasteiger partial charge on any atom is -0.506 e. The van der Waals surface area contributed by atoms with E-state index in [2.05, 4.69) is 15.9 Å². The number of Topliss-reactive ketones (excluding diaryl/α,β-unsaturated/α-hetero) is 1. The fourth-order valence-corrected chi connectivity index (χ4v) is 7.15. The first-order chi connectivity index (χ1) is 16.3. The Morgan fingerprint density at radius 2 is 2.06 bits per heavy atom. The molecule has 2 aromatic rings. The molecule has 0 amide bonds. The molecule has 1 spiro atoms. The summed E-state index contributed by atoms with van der Waals surface area (Å²) in [5.41, 5.74) is 2.04. The number of carbonyl (C=O) groups excluding carboxylic acids is 1. The number of phenols is 1. The fourth-order valence-electron chi connectivity index (χ4n) is 6.69. The summed E-state index contributed by atoms with van der Waals surface area (Å²) in [5, 5.41) is 13.1. The van der Waals surface area contributed by atoms with Crippen molar-refractivity contribution in [3.8, 4) is 17.2 Å². The van der Waals surface area contributed by atoms with Crippen LogP contribution in [-0.4, -0.2) is 60.3 Å². The maximum absolute atomic E-state index is 12.9. The lowest BCUT2D eigenvalue weighted by Gasteiger charge is -2.49. The molecule has 1 aliphatic carbocycles. The molecule has 34 heavy (non-hydrogen) atoms. The number of fused-ring (bicyclic) bond motifs is 7. The standard InChI is InChI=1S/C25H25BrO8/c1-11-7-13-17(18(28)16-12(19(13)29-2)5-4-6-14(16)27)20-15(11)21-22-25(30-3,33-20)23(10-31-23)8-24(9-26,32-21)34-22/h7,21-22,28H,4-6,8-10H2,1-3H3/t21?,22?,23-,24?,25+/m0/s1. The number of ether oxygens (including phenoxy) is 6. The summed E-state index contributed by atoms with van der Waals surface area (Å²) < 4.78 is 37.7. The van der Waals surface area contributed by atoms with E-state index in [1.54, 1.807) is 14.2 Å². The van der Waals surface area contributed by atoms with Gasteiger partial charge in [0, 0.05) is 36.5 Å². The molecule has 8 nitrogen and oxygen atoms in total. The van der Waals surface area contributed by atoms with Gasteiger partial charge in [-0.15, -0.1) is 0 Å². The van der Waals surface area contributed by atoms with Crippen LogP contribution in [0, 0.1) is 6.92 Å². The number of aromatic hydroxyl groups is 1. The molecule has 3 unspecified atom stereocenters. The van der Waals surface area contributed by atoms with Crippen molar-refractivity contribution in [1.29, 1.82) is 0 Å². The van der Waals surface area contributed by atoms with Crippen LogP contribution in [0.15, 0.2) is 6.07 Å². The Kier molecular flexibility index (Phi) is 4.18. The molecule has 9 heteroatoms. The molecule has 180 valence electrons. The minimum absolute atomic E-state index is 0.0779. The summed E-state index contributed by atoms with van der Waals surface area (Å²) in [6.45, 7) is 2.44. The van der Waals surface area contributed by atoms with Crippen molar-refractivity contribution in [3.05, 3.63) is 28.3 Å². The highest BCUT2D eigenvalue weighted by Gasteiger charge is 2.81. The average molecular weight is 533 g/mol. The van der Waals surface area contributed by atoms with E-state index in [4.69, 9.17) is 28.4 Å². The van der Waals surface area contributed by atoms with Crippen LogP contribution in [0.2, 0.25) is 0 Å². The fraction of sp³-hybridized carbons (Fsp3) is 0.560. The second-order valence-corrected chi connectivity index (χ2v) is 10.5. The highest BCUT2D eigenvalue weighted by molar-refractivity contribution is 9.09. The maximum atomic E-state index is 12.9. The predicted molar refractivity (Wildman–Crippen MR) is 123 cm³/mol. The predicted octanol–water partition coefficient (Wildman–Crippen LogP) is 3.84. The summed E-state index contributed by atoms with van der Waals surface area (Å²) in [6.07, 6.45) is 1.17. The van der Waals surface area contributed by atoms with Crippen molar-refractivity contribution < 1.29 is 38.3 Å². The smallest absolute Gasteiger partial charge is 0.271 e. The van der Waals surface area contributed by atoms with Gasteiger partial charge in [0.25, 0.3) is 5.79 Å². The third-order valence-electron chi connectivity index (χ3n) is 8.20. The van der Waals surface area contributed by atoms with Crippen LogP contribution >= 0.6 is 15.9 Å². The van der Waals surface area contributed by atoms with E-state index in [0.29, 0.717) is 59.0 Å². The second kappa shape index (κ2) is 6.64. The van der Waals surface area contributed by atoms with E-state index >= 15 is 0 Å². The first-order valence-electron chi connectivity index (χ1n) is 11.6. The molecule has 3 fully saturated rings. The first kappa shape index (κ1) is 21.4. The third-order valence-corrected chi connectivity index (χ3v) is 9.05. The van der Waals surface area contributed by atoms with Gasteiger partial charge in [-0.2, -0.15) is 0 Å². The number of alkyl halides is 1. The topological polar surface area (TPSA) is 96.0 Å². The number of ketones is 1. The van der Waals surface area contributed by atoms with Gasteiger partial charge in [-0.25, -0.2) is 0 Å². The number of rotatable bonds is 3. The number of hydrogen-bond donors (Lipinski definition) is 1. The number of halogens is 1. The number of aryl methyl sites for hydroxylation is 1. The van der Waals surface area contributed by atoms with Gasteiger partial charge in [-0.3, -0.25) is 4.79 Å². The van der Waals surface area contributed by atoms with Crippen molar-refractivity contribution in [2.45, 2.75) is 62.0 Å². The van der Waals surface area contributed by atoms with Gasteiger partial charge in [0.2, 0.25) is 0 Å². The zero-order valence-electron chi connectivity index (χ0n) is 19.2. The van der Waals surface area contributed by atoms with E-state index in [1.807, 2.05) is 13.0 Å². The van der Waals surface area contributed by atoms with Crippen molar-refractivity contribution in [2.24, 2.45) is 0 Å². The molecule has 2 bridgehead atoms. The Balaban J connectivity index is 1.58. The SMILES string of the molecule is COc1c2c(c(O)c3c4c(c(C)cc13)C1OC3(CBr)C[C@]5(CO5)[C@](OC)(O4)C1O3)C(=O)CCC2. The number of methoxy groups -OCH3 is 2. The van der Waals surface area contributed by atoms with E-state index in [1.165, 1.54) is 0 Å². The van der Waals surface area contributed by atoms with Crippen LogP contribution in [0.3, 0.4) is 0 Å². The van der Waals surface area contributed by atoms with E-state index in [-0.39, 0.29) is 11.5 Å². The van der Waals surface area contributed by atoms with Crippen LogP contribution in [0.1, 0.15) is 52.4 Å². The minimum atomic E-state index is -1.26. The lowest BCUT2D eigenvalue weighted by atomic mass is 9.79. The number of benzene rings is 2. The van der Waals surface area contributed by atoms with Gasteiger partial charge in [0.05, 0.1) is 30.0 Å². The van der Waals surface area contributed by atoms with Crippen LogP contribution in [-0.2, 0) is 25.4 Å². The zero-order chi connectivity index (χ0) is 23.6. The highest BCUT2D eigenvalue weighted by atomic mass is 79.9. The summed E-state index contributed by atoms with van der Waals surface area (Å²) in [4.78, 5) is 12.9. The Bertz CT molecular complexity index is 1290. The van der Waals surface area contributed by atoms with Gasteiger partial charge in [0.15, 0.2) is 23.3 Å². The van der Waals surface area contributed by atoms with Gasteiger partial charge < -0.3 is 33.5 Å². The molecule has 0 radical (unpaired) electrons. The number of epoxide rings is 1.